The summed E-state index contributed by atoms with van der Waals surface area (Å²) in [5, 5.41) is 9.80. The summed E-state index contributed by atoms with van der Waals surface area (Å²) in [6, 6.07) is 21.8. The van der Waals surface area contributed by atoms with E-state index in [9.17, 15) is 18.3 Å². The van der Waals surface area contributed by atoms with Crippen molar-refractivity contribution in [2.75, 3.05) is 6.54 Å². The van der Waals surface area contributed by atoms with Crippen LogP contribution in [-0.4, -0.2) is 35.6 Å². The van der Waals surface area contributed by atoms with Crippen molar-refractivity contribution in [2.24, 2.45) is 5.92 Å². The van der Waals surface area contributed by atoms with Crippen LogP contribution < -0.4 is 0 Å². The number of rotatable bonds is 6. The Labute approximate surface area is 213 Å². The highest BCUT2D eigenvalue weighted by molar-refractivity contribution is 9.10. The minimum atomic E-state index is -3.91. The number of aliphatic carboxylic acids is 1. The number of carbonyl (C=O) groups is 1. The Morgan fingerprint density at radius 2 is 1.62 bits per heavy atom. The average Bonchev–Trinajstić information content (AvgIpc) is 2.80. The molecular formula is C26H26BrNO4S2. The molecule has 4 rings (SSSR count). The van der Waals surface area contributed by atoms with E-state index >= 15 is 0 Å². The fraction of sp³-hybridized carbons (Fsp3) is 0.269. The van der Waals surface area contributed by atoms with Gasteiger partial charge in [-0.15, -0.1) is 11.8 Å². The van der Waals surface area contributed by atoms with E-state index < -0.39 is 28.0 Å². The minimum Gasteiger partial charge on any atom is -0.481 e. The highest BCUT2D eigenvalue weighted by Gasteiger charge is 2.45. The fourth-order valence-electron chi connectivity index (χ4n) is 4.23. The van der Waals surface area contributed by atoms with Crippen molar-refractivity contribution in [3.8, 4) is 0 Å². The van der Waals surface area contributed by atoms with E-state index in [1.54, 1.807) is 24.3 Å². The Kier molecular flexibility index (Phi) is 7.52. The lowest BCUT2D eigenvalue weighted by Crippen LogP contribution is -2.49. The van der Waals surface area contributed by atoms with Crippen LogP contribution in [0.25, 0.3) is 0 Å². The Morgan fingerprint density at radius 3 is 2.21 bits per heavy atom. The van der Waals surface area contributed by atoms with E-state index in [-0.39, 0.29) is 16.7 Å². The molecule has 178 valence electrons. The number of aryl methyl sites for hydroxylation is 2. The molecule has 0 aliphatic carbocycles. The predicted octanol–water partition coefficient (Wildman–Crippen LogP) is 6.06. The second-order valence-corrected chi connectivity index (χ2v) is 12.7. The third-order valence-electron chi connectivity index (χ3n) is 6.12. The quantitative estimate of drug-likeness (QED) is 0.397. The standard InChI is InChI=1S/C26H26BrNO4S2/c1-17-6-10-21(11-7-17)33-25-15-24(19-4-3-5-20(27)14-19)28(16-23(25)26(29)30)34(31,32)22-12-8-18(2)9-13-22/h3-14,23-25H,15-16H2,1-2H3,(H,29,30)/t23-,24+,25-/m1/s1. The van der Waals surface area contributed by atoms with Crippen molar-refractivity contribution >= 4 is 43.7 Å². The summed E-state index contributed by atoms with van der Waals surface area (Å²) in [5.41, 5.74) is 2.92. The lowest BCUT2D eigenvalue weighted by atomic mass is 9.90. The van der Waals surface area contributed by atoms with Gasteiger partial charge in [0.25, 0.3) is 0 Å². The average molecular weight is 561 g/mol. The molecule has 34 heavy (non-hydrogen) atoms. The third kappa shape index (κ3) is 5.40. The lowest BCUT2D eigenvalue weighted by Gasteiger charge is -2.41. The van der Waals surface area contributed by atoms with Crippen LogP contribution in [0.5, 0.6) is 0 Å². The Balaban J connectivity index is 1.76. The van der Waals surface area contributed by atoms with E-state index in [2.05, 4.69) is 15.9 Å². The summed E-state index contributed by atoms with van der Waals surface area (Å²) in [4.78, 5) is 13.5. The molecule has 0 saturated carbocycles. The summed E-state index contributed by atoms with van der Waals surface area (Å²) in [6.07, 6.45) is 0.386. The van der Waals surface area contributed by atoms with Crippen LogP contribution in [0.2, 0.25) is 0 Å². The van der Waals surface area contributed by atoms with Crippen LogP contribution in [0.1, 0.15) is 29.2 Å². The lowest BCUT2D eigenvalue weighted by molar-refractivity contribution is -0.143. The van der Waals surface area contributed by atoms with Crippen LogP contribution >= 0.6 is 27.7 Å². The number of carboxylic acids is 1. The van der Waals surface area contributed by atoms with E-state index in [4.69, 9.17) is 0 Å². The molecule has 1 fully saturated rings. The largest absolute Gasteiger partial charge is 0.481 e. The number of thioether (sulfide) groups is 1. The Hall–Kier alpha value is -2.13. The second-order valence-electron chi connectivity index (χ2n) is 8.61. The molecule has 0 aromatic heterocycles. The molecule has 0 unspecified atom stereocenters. The van der Waals surface area contributed by atoms with Gasteiger partial charge in [0.15, 0.2) is 0 Å². The first-order valence-electron chi connectivity index (χ1n) is 11.0. The SMILES string of the molecule is Cc1ccc(S[C@@H]2C[C@@H](c3cccc(Br)c3)N(S(=O)(=O)c3ccc(C)cc3)C[C@H]2C(=O)O)cc1. The molecule has 0 bridgehead atoms. The molecule has 1 heterocycles. The fourth-order valence-corrected chi connectivity index (χ4v) is 7.58. The summed E-state index contributed by atoms with van der Waals surface area (Å²) in [7, 11) is -3.91. The van der Waals surface area contributed by atoms with Crippen molar-refractivity contribution in [3.63, 3.8) is 0 Å². The maximum atomic E-state index is 13.8. The van der Waals surface area contributed by atoms with Gasteiger partial charge in [0, 0.05) is 21.2 Å². The monoisotopic (exact) mass is 559 g/mol. The van der Waals surface area contributed by atoms with Crippen LogP contribution in [0.15, 0.2) is 87.1 Å². The van der Waals surface area contributed by atoms with Gasteiger partial charge in [-0.05, 0) is 62.2 Å². The first-order chi connectivity index (χ1) is 16.1. The van der Waals surface area contributed by atoms with Crippen molar-refractivity contribution in [1.82, 2.24) is 4.31 Å². The molecule has 1 aliphatic heterocycles. The molecule has 3 atom stereocenters. The zero-order chi connectivity index (χ0) is 24.5. The number of nitrogens with zero attached hydrogens (tertiary/aromatic N) is 1. The van der Waals surface area contributed by atoms with E-state index in [0.29, 0.717) is 6.42 Å². The molecular weight excluding hydrogens is 534 g/mol. The number of carboxylic acid groups (broad SMARTS) is 1. The number of sulfonamides is 1. The topological polar surface area (TPSA) is 74.7 Å². The molecule has 1 aliphatic rings. The van der Waals surface area contributed by atoms with Gasteiger partial charge in [-0.25, -0.2) is 8.42 Å². The zero-order valence-electron chi connectivity index (χ0n) is 18.9. The van der Waals surface area contributed by atoms with Crippen molar-refractivity contribution in [1.29, 1.82) is 0 Å². The van der Waals surface area contributed by atoms with Crippen molar-refractivity contribution in [2.45, 2.75) is 41.4 Å². The molecule has 0 spiro atoms. The van der Waals surface area contributed by atoms with E-state index in [0.717, 1.165) is 26.1 Å². The van der Waals surface area contributed by atoms with Gasteiger partial charge in [-0.3, -0.25) is 4.79 Å². The number of hydrogen-bond donors (Lipinski definition) is 1. The zero-order valence-corrected chi connectivity index (χ0v) is 22.1. The van der Waals surface area contributed by atoms with Crippen LogP contribution in [0.3, 0.4) is 0 Å². The maximum Gasteiger partial charge on any atom is 0.308 e. The highest BCUT2D eigenvalue weighted by Crippen LogP contribution is 2.44. The predicted molar refractivity (Wildman–Crippen MR) is 139 cm³/mol. The normalized spacial score (nSPS) is 21.3. The smallest absolute Gasteiger partial charge is 0.308 e. The first kappa shape index (κ1) is 25.0. The van der Waals surface area contributed by atoms with Gasteiger partial charge < -0.3 is 5.11 Å². The maximum absolute atomic E-state index is 13.8. The number of hydrogen-bond acceptors (Lipinski definition) is 4. The van der Waals surface area contributed by atoms with Gasteiger partial charge in [0.2, 0.25) is 10.0 Å². The Bertz CT molecular complexity index is 1280. The first-order valence-corrected chi connectivity index (χ1v) is 14.1. The van der Waals surface area contributed by atoms with Gasteiger partial charge >= 0.3 is 5.97 Å². The number of piperidine rings is 1. The van der Waals surface area contributed by atoms with E-state index in [1.807, 2.05) is 62.4 Å². The summed E-state index contributed by atoms with van der Waals surface area (Å²) in [5.74, 6) is -1.82. The van der Waals surface area contributed by atoms with Crippen LogP contribution in [0, 0.1) is 19.8 Å². The van der Waals surface area contributed by atoms with E-state index in [1.165, 1.54) is 16.1 Å². The molecule has 8 heteroatoms. The van der Waals surface area contributed by atoms with Gasteiger partial charge in [-0.2, -0.15) is 4.31 Å². The summed E-state index contributed by atoms with van der Waals surface area (Å²) < 4.78 is 29.7. The molecule has 3 aromatic rings. The van der Waals surface area contributed by atoms with Gasteiger partial charge in [0.05, 0.1) is 16.9 Å². The van der Waals surface area contributed by atoms with Gasteiger partial charge in [0.1, 0.15) is 0 Å². The molecule has 3 aromatic carbocycles. The molecule has 5 nitrogen and oxygen atoms in total. The Morgan fingerprint density at radius 1 is 1.00 bits per heavy atom. The van der Waals surface area contributed by atoms with Crippen molar-refractivity contribution < 1.29 is 18.3 Å². The number of halogens is 1. The highest BCUT2D eigenvalue weighted by atomic mass is 79.9. The number of benzene rings is 3. The second kappa shape index (κ2) is 10.2. The summed E-state index contributed by atoms with van der Waals surface area (Å²) in [6.45, 7) is 3.81. The summed E-state index contributed by atoms with van der Waals surface area (Å²) >= 11 is 5.00. The molecule has 0 radical (unpaired) electrons. The van der Waals surface area contributed by atoms with Crippen LogP contribution in [0.4, 0.5) is 0 Å². The third-order valence-corrected chi connectivity index (χ3v) is 9.87. The van der Waals surface area contributed by atoms with Crippen LogP contribution in [-0.2, 0) is 14.8 Å². The molecule has 1 N–H and O–H groups in total. The van der Waals surface area contributed by atoms with Gasteiger partial charge in [-0.1, -0.05) is 63.5 Å². The molecule has 1 saturated heterocycles. The van der Waals surface area contributed by atoms with Crippen molar-refractivity contribution in [3.05, 3.63) is 94.0 Å². The minimum absolute atomic E-state index is 0.0910. The molecule has 0 amide bonds.